The molecule has 2 N–H and O–H groups in total. The van der Waals surface area contributed by atoms with Crippen LogP contribution in [0.5, 0.6) is 0 Å². The number of nitrogens with one attached hydrogen (secondary N) is 2. The van der Waals surface area contributed by atoms with Gasteiger partial charge in [-0.2, -0.15) is 0 Å². The maximum atomic E-state index is 14.6. The Morgan fingerprint density at radius 1 is 1.09 bits per heavy atom. The number of pyridine rings is 1. The quantitative estimate of drug-likeness (QED) is 0.432. The first-order chi connectivity index (χ1) is 15.4. The number of halogens is 3. The highest BCUT2D eigenvalue weighted by molar-refractivity contribution is 5.89. The Bertz CT molecular complexity index is 1080. The molecule has 0 spiro atoms. The molecule has 8 heteroatoms. The highest BCUT2D eigenvalue weighted by Gasteiger charge is 2.21. The van der Waals surface area contributed by atoms with Gasteiger partial charge >= 0.3 is 0 Å². The van der Waals surface area contributed by atoms with E-state index in [0.29, 0.717) is 28.6 Å². The zero-order valence-electron chi connectivity index (χ0n) is 18.3. The Morgan fingerprint density at radius 2 is 1.84 bits per heavy atom. The lowest BCUT2D eigenvalue weighted by molar-refractivity contribution is 0.146. The molecule has 1 saturated carbocycles. The van der Waals surface area contributed by atoms with Crippen LogP contribution >= 0.6 is 0 Å². The predicted molar refractivity (Wildman–Crippen MR) is 121 cm³/mol. The van der Waals surface area contributed by atoms with Crippen LogP contribution in [0.15, 0.2) is 30.5 Å². The number of nitrogens with zero attached hydrogens (tertiary/aromatic N) is 3. The van der Waals surface area contributed by atoms with Gasteiger partial charge in [-0.15, -0.1) is 0 Å². The van der Waals surface area contributed by atoms with Crippen molar-refractivity contribution in [2.45, 2.75) is 58.4 Å². The van der Waals surface area contributed by atoms with E-state index >= 15 is 0 Å². The van der Waals surface area contributed by atoms with Crippen LogP contribution in [0.1, 0.15) is 68.4 Å². The van der Waals surface area contributed by atoms with Crippen molar-refractivity contribution in [3.8, 4) is 0 Å². The molecule has 0 unspecified atom stereocenters. The average Bonchev–Trinajstić information content (AvgIpc) is 2.78. The molecule has 2 heterocycles. The van der Waals surface area contributed by atoms with Crippen molar-refractivity contribution in [3.05, 3.63) is 53.2 Å². The summed E-state index contributed by atoms with van der Waals surface area (Å²) in [5.74, 6) is 0.780. The maximum Gasteiger partial charge on any atom is 0.266 e. The van der Waals surface area contributed by atoms with Gasteiger partial charge in [-0.05, 0) is 38.7 Å². The van der Waals surface area contributed by atoms with E-state index in [1.807, 2.05) is 6.07 Å². The van der Waals surface area contributed by atoms with Gasteiger partial charge < -0.3 is 10.6 Å². The minimum atomic E-state index is -2.87. The minimum absolute atomic E-state index is 0.159. The topological polar surface area (TPSA) is 62.7 Å². The number of hydrogen-bond acceptors (Lipinski definition) is 5. The average molecular weight is 444 g/mol. The van der Waals surface area contributed by atoms with Crippen molar-refractivity contribution in [3.63, 3.8) is 0 Å². The summed E-state index contributed by atoms with van der Waals surface area (Å²) in [6.07, 6.45) is 5.25. The molecule has 4 rings (SSSR count). The van der Waals surface area contributed by atoms with Gasteiger partial charge in [-0.1, -0.05) is 37.5 Å². The minimum Gasteiger partial charge on any atom is -0.384 e. The molecule has 1 fully saturated rings. The van der Waals surface area contributed by atoms with Crippen LogP contribution in [-0.2, 0) is 0 Å². The first kappa shape index (κ1) is 22.3. The van der Waals surface area contributed by atoms with Gasteiger partial charge in [-0.25, -0.2) is 28.1 Å². The monoisotopic (exact) mass is 443 g/mol. The summed E-state index contributed by atoms with van der Waals surface area (Å²) in [6, 6.07) is 5.41. The summed E-state index contributed by atoms with van der Waals surface area (Å²) in [5.41, 5.74) is 0.955. The van der Waals surface area contributed by atoms with Crippen LogP contribution < -0.4 is 10.6 Å². The fourth-order valence-corrected chi connectivity index (χ4v) is 4.34. The van der Waals surface area contributed by atoms with E-state index in [4.69, 9.17) is 0 Å². The summed E-state index contributed by atoms with van der Waals surface area (Å²) in [4.78, 5) is 13.4. The normalized spacial score (nSPS) is 15.8. The smallest absolute Gasteiger partial charge is 0.266 e. The molecule has 32 heavy (non-hydrogen) atoms. The molecule has 5 nitrogen and oxygen atoms in total. The highest BCUT2D eigenvalue weighted by Crippen LogP contribution is 2.31. The number of fused-ring (bicyclic) bond motifs is 1. The van der Waals surface area contributed by atoms with Crippen molar-refractivity contribution < 1.29 is 13.2 Å². The van der Waals surface area contributed by atoms with Crippen LogP contribution in [0.2, 0.25) is 0 Å². The Balaban J connectivity index is 1.59. The molecular weight excluding hydrogens is 415 g/mol. The van der Waals surface area contributed by atoms with Crippen molar-refractivity contribution >= 4 is 22.5 Å². The molecular formula is C24H28F3N5. The third kappa shape index (κ3) is 4.95. The number of rotatable bonds is 7. The Labute approximate surface area is 185 Å². The van der Waals surface area contributed by atoms with E-state index in [9.17, 15) is 13.2 Å². The zero-order valence-corrected chi connectivity index (χ0v) is 18.3. The number of benzene rings is 1. The molecule has 1 atom stereocenters. The maximum absolute atomic E-state index is 14.6. The van der Waals surface area contributed by atoms with Crippen LogP contribution in [0.3, 0.4) is 0 Å². The van der Waals surface area contributed by atoms with Gasteiger partial charge in [0.15, 0.2) is 5.65 Å². The molecule has 1 aliphatic rings. The lowest BCUT2D eigenvalue weighted by Crippen LogP contribution is -2.17. The second kappa shape index (κ2) is 9.71. The molecule has 0 bridgehead atoms. The first-order valence-corrected chi connectivity index (χ1v) is 11.1. The summed E-state index contributed by atoms with van der Waals surface area (Å²) in [5, 5.41) is 7.35. The van der Waals surface area contributed by atoms with Crippen molar-refractivity contribution in [1.82, 2.24) is 15.0 Å². The van der Waals surface area contributed by atoms with Gasteiger partial charge in [0.05, 0.1) is 28.9 Å². The molecule has 0 amide bonds. The van der Waals surface area contributed by atoms with E-state index in [1.54, 1.807) is 20.0 Å². The van der Waals surface area contributed by atoms with E-state index in [2.05, 4.69) is 25.6 Å². The second-order valence-electron chi connectivity index (χ2n) is 8.52. The standard InChI is InChI=1S/C24H28F3N5/c1-14(18-9-6-10-19(21(18)25)22(26)27)30-24-20-11-17(13-29-23(20)31-15(2)32-24)28-12-16-7-4-3-5-8-16/h6,9-11,13-14,16,22,28H,3-5,7-8,12H2,1-2H3,(H,29,30,31,32)/t14-/m1/s1. The Hall–Kier alpha value is -2.90. The molecule has 0 saturated heterocycles. The Kier molecular flexibility index (Phi) is 6.77. The fourth-order valence-electron chi connectivity index (χ4n) is 4.34. The van der Waals surface area contributed by atoms with E-state index in [0.717, 1.165) is 18.3 Å². The largest absolute Gasteiger partial charge is 0.384 e. The fraction of sp³-hybridized carbons (Fsp3) is 0.458. The summed E-state index contributed by atoms with van der Waals surface area (Å²) in [7, 11) is 0. The molecule has 2 aromatic heterocycles. The third-order valence-corrected chi connectivity index (χ3v) is 6.10. The highest BCUT2D eigenvalue weighted by atomic mass is 19.3. The number of anilines is 2. The van der Waals surface area contributed by atoms with Crippen LogP contribution in [0.25, 0.3) is 11.0 Å². The molecule has 1 aliphatic carbocycles. The number of hydrogen-bond donors (Lipinski definition) is 2. The van der Waals surface area contributed by atoms with Crippen LogP contribution in [0.4, 0.5) is 24.7 Å². The number of aryl methyl sites for hydroxylation is 1. The third-order valence-electron chi connectivity index (χ3n) is 6.10. The lowest BCUT2D eigenvalue weighted by Gasteiger charge is -2.22. The second-order valence-corrected chi connectivity index (χ2v) is 8.52. The predicted octanol–water partition coefficient (Wildman–Crippen LogP) is 6.58. The van der Waals surface area contributed by atoms with Gasteiger partial charge in [0.1, 0.15) is 17.5 Å². The van der Waals surface area contributed by atoms with Crippen LogP contribution in [-0.4, -0.2) is 21.5 Å². The summed E-state index contributed by atoms with van der Waals surface area (Å²) >= 11 is 0. The SMILES string of the molecule is Cc1nc(N[C@H](C)c2cccc(C(F)F)c2F)c2cc(NCC3CCCCC3)cnc2n1. The van der Waals surface area contributed by atoms with Gasteiger partial charge in [0.2, 0.25) is 0 Å². The van der Waals surface area contributed by atoms with Crippen LogP contribution in [0, 0.1) is 18.7 Å². The summed E-state index contributed by atoms with van der Waals surface area (Å²) < 4.78 is 40.9. The lowest BCUT2D eigenvalue weighted by atomic mass is 9.89. The first-order valence-electron chi connectivity index (χ1n) is 11.1. The van der Waals surface area contributed by atoms with Gasteiger partial charge in [0, 0.05) is 12.1 Å². The molecule has 170 valence electrons. The van der Waals surface area contributed by atoms with Crippen molar-refractivity contribution in [2.75, 3.05) is 17.2 Å². The van der Waals surface area contributed by atoms with E-state index in [1.165, 1.54) is 44.2 Å². The summed E-state index contributed by atoms with van der Waals surface area (Å²) in [6.45, 7) is 4.37. The van der Waals surface area contributed by atoms with E-state index in [-0.39, 0.29) is 5.56 Å². The van der Waals surface area contributed by atoms with Crippen molar-refractivity contribution in [1.29, 1.82) is 0 Å². The van der Waals surface area contributed by atoms with Gasteiger partial charge in [-0.3, -0.25) is 0 Å². The molecule has 3 aromatic rings. The van der Waals surface area contributed by atoms with E-state index < -0.39 is 23.8 Å². The number of alkyl halides is 2. The molecule has 0 aliphatic heterocycles. The Morgan fingerprint density at radius 3 is 2.59 bits per heavy atom. The molecule has 1 aromatic carbocycles. The number of aromatic nitrogens is 3. The van der Waals surface area contributed by atoms with Gasteiger partial charge in [0.25, 0.3) is 6.43 Å². The molecule has 0 radical (unpaired) electrons. The zero-order chi connectivity index (χ0) is 22.7. The van der Waals surface area contributed by atoms with Crippen molar-refractivity contribution in [2.24, 2.45) is 5.92 Å².